The molecule has 2 aliphatic carbocycles. The standard InChI is InChI=1S/C22H20F2N4O3.C22H20F2N4O2/c1-13-25-10-19(18(11-29)27-13)31-12-22(14-3-2-4-15(23)7-14)8-17(22)21(30)28-20-6-5-16(24)9-26-20;1-13-19(11-25-14(2)27-13)30-12-22(15-4-3-5-16(23)8-15)9-18(22)21(29)28-20-7-6-17(24)10-26-20/h2-7,9-10,17,29H,8,11-12H2,1H3,(H,26,28,30);3-8,10-11,18H,9,12H2,1-2H3,(H,26,28,29)/t17-,22+;18-,22+/m00/s1. The summed E-state index contributed by atoms with van der Waals surface area (Å²) in [5, 5.41) is 14.9. The van der Waals surface area contributed by atoms with Gasteiger partial charge in [0.15, 0.2) is 11.5 Å². The molecule has 4 atom stereocenters. The topological polar surface area (TPSA) is 174 Å². The summed E-state index contributed by atoms with van der Waals surface area (Å²) in [6.45, 7) is 5.20. The van der Waals surface area contributed by atoms with Crippen LogP contribution in [0.1, 0.15) is 47.0 Å². The van der Waals surface area contributed by atoms with Gasteiger partial charge in [-0.3, -0.25) is 9.59 Å². The molecule has 0 spiro atoms. The lowest BCUT2D eigenvalue weighted by Gasteiger charge is -2.20. The van der Waals surface area contributed by atoms with Gasteiger partial charge in [0, 0.05) is 10.8 Å². The van der Waals surface area contributed by atoms with Crippen LogP contribution >= 0.6 is 0 Å². The van der Waals surface area contributed by atoms with Gasteiger partial charge in [0.25, 0.3) is 0 Å². The largest absolute Gasteiger partial charge is 0.489 e. The Morgan fingerprint density at radius 1 is 0.639 bits per heavy atom. The fourth-order valence-electron chi connectivity index (χ4n) is 7.21. The number of amides is 2. The smallest absolute Gasteiger partial charge is 0.229 e. The normalized spacial score (nSPS) is 19.8. The number of pyridine rings is 2. The Morgan fingerprint density at radius 2 is 1.11 bits per heavy atom. The number of ether oxygens (including phenoxy) is 2. The zero-order valence-electron chi connectivity index (χ0n) is 33.2. The number of carbonyl (C=O) groups is 2. The van der Waals surface area contributed by atoms with E-state index in [1.54, 1.807) is 44.3 Å². The van der Waals surface area contributed by atoms with Gasteiger partial charge in [0.05, 0.1) is 62.1 Å². The predicted molar refractivity (Wildman–Crippen MR) is 213 cm³/mol. The summed E-state index contributed by atoms with van der Waals surface area (Å²) in [7, 11) is 0. The van der Waals surface area contributed by atoms with Gasteiger partial charge in [0.1, 0.15) is 52.2 Å². The van der Waals surface area contributed by atoms with Crippen LogP contribution in [0.2, 0.25) is 0 Å². The van der Waals surface area contributed by atoms with E-state index in [2.05, 4.69) is 40.5 Å². The minimum absolute atomic E-state index is 0.0603. The molecule has 2 fully saturated rings. The van der Waals surface area contributed by atoms with Gasteiger partial charge in [-0.15, -0.1) is 0 Å². The van der Waals surface area contributed by atoms with Crippen molar-refractivity contribution >= 4 is 23.5 Å². The third-order valence-electron chi connectivity index (χ3n) is 10.7. The average molecular weight is 837 g/mol. The summed E-state index contributed by atoms with van der Waals surface area (Å²) in [5.41, 5.74) is 0.861. The molecule has 0 aliphatic heterocycles. The average Bonchev–Trinajstić information content (AvgIpc) is 4.17. The van der Waals surface area contributed by atoms with E-state index in [9.17, 15) is 32.3 Å². The van der Waals surface area contributed by atoms with E-state index in [0.717, 1.165) is 12.4 Å². The molecule has 3 N–H and O–H groups in total. The summed E-state index contributed by atoms with van der Waals surface area (Å²) in [6, 6.07) is 17.4. The number of nitrogens with one attached hydrogen (secondary N) is 2. The molecule has 61 heavy (non-hydrogen) atoms. The highest BCUT2D eigenvalue weighted by atomic mass is 19.1. The molecule has 2 amide bonds. The second-order valence-corrected chi connectivity index (χ2v) is 14.9. The summed E-state index contributed by atoms with van der Waals surface area (Å²) in [4.78, 5) is 50.1. The van der Waals surface area contributed by atoms with Crippen molar-refractivity contribution in [3.8, 4) is 11.5 Å². The van der Waals surface area contributed by atoms with Crippen molar-refractivity contribution in [1.29, 1.82) is 0 Å². The Kier molecular flexibility index (Phi) is 12.3. The fourth-order valence-corrected chi connectivity index (χ4v) is 7.21. The molecule has 0 unspecified atom stereocenters. The SMILES string of the molecule is Cc1ncc(OC[C@@]2(c3cccc(F)c3)C[C@H]2C(=O)Nc2ccc(F)cn2)c(C)n1.Cc1ncc(OC[C@@]2(c3cccc(F)c3)C[C@H]2C(=O)Nc2ccc(F)cn2)c(CO)n1. The zero-order chi connectivity index (χ0) is 43.3. The van der Waals surface area contributed by atoms with E-state index in [-0.39, 0.29) is 49.1 Å². The molecule has 2 aromatic carbocycles. The molecule has 0 bridgehead atoms. The maximum absolute atomic E-state index is 13.9. The van der Waals surface area contributed by atoms with E-state index in [0.29, 0.717) is 58.5 Å². The number of hydrogen-bond donors (Lipinski definition) is 3. The fraction of sp³-hybridized carbons (Fsp3) is 0.273. The van der Waals surface area contributed by atoms with Crippen molar-refractivity contribution in [3.63, 3.8) is 0 Å². The quantitative estimate of drug-likeness (QED) is 0.106. The molecule has 13 nitrogen and oxygen atoms in total. The first-order chi connectivity index (χ1) is 29.3. The third-order valence-corrected chi connectivity index (χ3v) is 10.7. The number of carbonyl (C=O) groups excluding carboxylic acids is 2. The van der Waals surface area contributed by atoms with Gasteiger partial charge in [-0.05, 0) is 93.3 Å². The number of aromatic nitrogens is 6. The molecule has 8 rings (SSSR count). The maximum Gasteiger partial charge on any atom is 0.229 e. The molecule has 2 saturated carbocycles. The van der Waals surface area contributed by atoms with Gasteiger partial charge in [-0.25, -0.2) is 47.5 Å². The van der Waals surface area contributed by atoms with E-state index < -0.39 is 40.1 Å². The van der Waals surface area contributed by atoms with Crippen molar-refractivity contribution in [2.24, 2.45) is 11.8 Å². The first-order valence-electron chi connectivity index (χ1n) is 19.1. The Balaban J connectivity index is 0.000000184. The highest BCUT2D eigenvalue weighted by Gasteiger charge is 2.61. The van der Waals surface area contributed by atoms with Crippen LogP contribution in [0.15, 0.2) is 97.6 Å². The Hall–Kier alpha value is -6.88. The first-order valence-corrected chi connectivity index (χ1v) is 19.1. The molecule has 6 aromatic rings. The molecule has 4 heterocycles. The number of halogens is 4. The van der Waals surface area contributed by atoms with Gasteiger partial charge in [0.2, 0.25) is 11.8 Å². The number of aryl methyl sites for hydroxylation is 3. The Morgan fingerprint density at radius 3 is 1.56 bits per heavy atom. The lowest BCUT2D eigenvalue weighted by Crippen LogP contribution is -2.27. The van der Waals surface area contributed by atoms with Gasteiger partial charge < -0.3 is 25.2 Å². The summed E-state index contributed by atoms with van der Waals surface area (Å²) in [6.07, 6.45) is 6.01. The number of aliphatic hydroxyl groups is 1. The van der Waals surface area contributed by atoms with Crippen LogP contribution in [0.25, 0.3) is 0 Å². The molecule has 17 heteroatoms. The van der Waals surface area contributed by atoms with Crippen molar-refractivity contribution < 1.29 is 41.7 Å². The highest BCUT2D eigenvalue weighted by Crippen LogP contribution is 2.56. The lowest BCUT2D eigenvalue weighted by atomic mass is 9.93. The van der Waals surface area contributed by atoms with Gasteiger partial charge in [-0.2, -0.15) is 0 Å². The van der Waals surface area contributed by atoms with Crippen LogP contribution in [-0.4, -0.2) is 60.0 Å². The predicted octanol–water partition coefficient (Wildman–Crippen LogP) is 6.67. The van der Waals surface area contributed by atoms with Crippen LogP contribution in [0, 0.1) is 55.9 Å². The number of aliphatic hydroxyl groups excluding tert-OH is 1. The van der Waals surface area contributed by atoms with Crippen LogP contribution in [0.5, 0.6) is 11.5 Å². The van der Waals surface area contributed by atoms with E-state index >= 15 is 0 Å². The molecule has 0 radical (unpaired) electrons. The van der Waals surface area contributed by atoms with Crippen LogP contribution in [-0.2, 0) is 27.0 Å². The van der Waals surface area contributed by atoms with Crippen molar-refractivity contribution in [2.75, 3.05) is 23.8 Å². The second kappa shape index (κ2) is 17.8. The summed E-state index contributed by atoms with van der Waals surface area (Å²) >= 11 is 0. The van der Waals surface area contributed by atoms with E-state index in [1.165, 1.54) is 54.7 Å². The molecular weight excluding hydrogens is 797 g/mol. The molecular formula is C44H40F4N8O5. The molecule has 4 aromatic heterocycles. The number of benzene rings is 2. The van der Waals surface area contributed by atoms with E-state index in [4.69, 9.17) is 9.47 Å². The van der Waals surface area contributed by atoms with Crippen molar-refractivity contribution in [3.05, 3.63) is 155 Å². The highest BCUT2D eigenvalue weighted by molar-refractivity contribution is 5.96. The minimum atomic E-state index is -0.774. The first kappa shape index (κ1) is 42.3. The van der Waals surface area contributed by atoms with Crippen LogP contribution < -0.4 is 20.1 Å². The Labute approximate surface area is 347 Å². The monoisotopic (exact) mass is 836 g/mol. The number of anilines is 2. The van der Waals surface area contributed by atoms with Crippen molar-refractivity contribution in [1.82, 2.24) is 29.9 Å². The zero-order valence-corrected chi connectivity index (χ0v) is 33.2. The summed E-state index contributed by atoms with van der Waals surface area (Å²) < 4.78 is 65.8. The van der Waals surface area contributed by atoms with Crippen molar-refractivity contribution in [2.45, 2.75) is 51.0 Å². The van der Waals surface area contributed by atoms with Crippen LogP contribution in [0.3, 0.4) is 0 Å². The molecule has 314 valence electrons. The second-order valence-electron chi connectivity index (χ2n) is 14.9. The maximum atomic E-state index is 13.9. The minimum Gasteiger partial charge on any atom is -0.489 e. The number of hydrogen-bond acceptors (Lipinski definition) is 11. The molecule has 0 saturated heterocycles. The third kappa shape index (κ3) is 9.78. The number of rotatable bonds is 13. The van der Waals surface area contributed by atoms with Gasteiger partial charge >= 0.3 is 0 Å². The van der Waals surface area contributed by atoms with Gasteiger partial charge in [-0.1, -0.05) is 24.3 Å². The molecule has 2 aliphatic rings. The Bertz CT molecular complexity index is 2550. The van der Waals surface area contributed by atoms with Crippen LogP contribution in [0.4, 0.5) is 29.2 Å². The summed E-state index contributed by atoms with van der Waals surface area (Å²) in [5.74, 6) is -0.932. The van der Waals surface area contributed by atoms with E-state index in [1.807, 2.05) is 6.92 Å². The lowest BCUT2D eigenvalue weighted by molar-refractivity contribution is -0.118. The number of nitrogens with zero attached hydrogens (tertiary/aromatic N) is 6.